The average molecular weight is 350 g/mol. The summed E-state index contributed by atoms with van der Waals surface area (Å²) in [6, 6.07) is 12.6. The number of rotatable bonds is 7. The molecule has 0 aliphatic carbocycles. The summed E-state index contributed by atoms with van der Waals surface area (Å²) in [4.78, 5) is 12.4. The minimum absolute atomic E-state index is 0. The van der Waals surface area contributed by atoms with Crippen molar-refractivity contribution in [3.8, 4) is 0 Å². The van der Waals surface area contributed by atoms with Gasteiger partial charge < -0.3 is 15.2 Å². The molecule has 0 saturated carbocycles. The minimum Gasteiger partial charge on any atom is -0.351 e. The Kier molecular flexibility index (Phi) is 8.02. The molecule has 0 spiro atoms. The van der Waals surface area contributed by atoms with E-state index < -0.39 is 0 Å². The Labute approximate surface area is 151 Å². The Hall–Kier alpha value is -1.78. The van der Waals surface area contributed by atoms with Crippen molar-refractivity contribution in [3.05, 3.63) is 58.9 Å². The smallest absolute Gasteiger partial charge is 0.253 e. The van der Waals surface area contributed by atoms with Crippen molar-refractivity contribution in [2.24, 2.45) is 0 Å². The van der Waals surface area contributed by atoms with Crippen molar-refractivity contribution in [2.75, 3.05) is 19.6 Å². The molecule has 2 N–H and O–H groups in total. The lowest BCUT2D eigenvalue weighted by molar-refractivity contribution is 0.0953. The highest BCUT2D eigenvalue weighted by Gasteiger charge is 2.19. The molecule has 1 amide bonds. The molecular weight excluding hydrogens is 322 g/mol. The molecule has 5 heteroatoms. The van der Waals surface area contributed by atoms with Crippen molar-refractivity contribution < 1.29 is 4.79 Å². The average Bonchev–Trinajstić information content (AvgIpc) is 2.86. The highest BCUT2D eigenvalue weighted by atomic mass is 35.5. The van der Waals surface area contributed by atoms with Crippen LogP contribution in [0, 0.1) is 13.8 Å². The third-order valence-electron chi connectivity index (χ3n) is 4.24. The van der Waals surface area contributed by atoms with Gasteiger partial charge in [0.25, 0.3) is 5.91 Å². The van der Waals surface area contributed by atoms with Crippen LogP contribution in [0.2, 0.25) is 0 Å². The standard InChI is InChI=1S/C19H27N3O.ClH/c1-5-20-11-12-21-19(23)18-13-14(2)22(16(18)4)15(3)17-9-7-6-8-10-17;/h6-10,13,15,20H,5,11-12H2,1-4H3,(H,21,23);1H. The zero-order valence-electron chi connectivity index (χ0n) is 14.9. The van der Waals surface area contributed by atoms with E-state index in [0.717, 1.165) is 30.0 Å². The zero-order chi connectivity index (χ0) is 16.8. The molecule has 0 saturated heterocycles. The SMILES string of the molecule is CCNCCNC(=O)c1cc(C)n(C(C)c2ccccc2)c1C.Cl. The Morgan fingerprint density at radius 2 is 1.83 bits per heavy atom. The van der Waals surface area contributed by atoms with Crippen LogP contribution in [0.3, 0.4) is 0 Å². The molecule has 0 aliphatic heterocycles. The Balaban J connectivity index is 0.00000288. The number of aryl methyl sites for hydroxylation is 1. The van der Waals surface area contributed by atoms with Crippen molar-refractivity contribution in [1.29, 1.82) is 0 Å². The quantitative estimate of drug-likeness (QED) is 0.752. The highest BCUT2D eigenvalue weighted by Crippen LogP contribution is 2.25. The molecule has 2 rings (SSSR count). The monoisotopic (exact) mass is 349 g/mol. The molecular formula is C19H28ClN3O. The van der Waals surface area contributed by atoms with Crippen LogP contribution in [0.15, 0.2) is 36.4 Å². The summed E-state index contributed by atoms with van der Waals surface area (Å²) < 4.78 is 2.23. The summed E-state index contributed by atoms with van der Waals surface area (Å²) in [7, 11) is 0. The first-order chi connectivity index (χ1) is 11.1. The van der Waals surface area contributed by atoms with Crippen molar-refractivity contribution in [3.63, 3.8) is 0 Å². The second-order valence-corrected chi connectivity index (χ2v) is 5.85. The first-order valence-corrected chi connectivity index (χ1v) is 8.28. The second-order valence-electron chi connectivity index (χ2n) is 5.85. The van der Waals surface area contributed by atoms with E-state index in [0.29, 0.717) is 6.54 Å². The topological polar surface area (TPSA) is 46.1 Å². The van der Waals surface area contributed by atoms with Crippen LogP contribution in [-0.2, 0) is 0 Å². The third kappa shape index (κ3) is 4.62. The molecule has 1 aromatic heterocycles. The fourth-order valence-corrected chi connectivity index (χ4v) is 3.02. The molecule has 0 aliphatic rings. The number of hydrogen-bond donors (Lipinski definition) is 2. The van der Waals surface area contributed by atoms with Gasteiger partial charge in [-0.1, -0.05) is 37.3 Å². The van der Waals surface area contributed by atoms with Crippen molar-refractivity contribution >= 4 is 18.3 Å². The lowest BCUT2D eigenvalue weighted by atomic mass is 10.1. The minimum atomic E-state index is 0. The van der Waals surface area contributed by atoms with Gasteiger partial charge in [-0.25, -0.2) is 0 Å². The van der Waals surface area contributed by atoms with E-state index in [1.807, 2.05) is 31.2 Å². The number of aromatic nitrogens is 1. The first kappa shape index (κ1) is 20.3. The number of carbonyl (C=O) groups excluding carboxylic acids is 1. The highest BCUT2D eigenvalue weighted by molar-refractivity contribution is 5.95. The Morgan fingerprint density at radius 3 is 2.46 bits per heavy atom. The lowest BCUT2D eigenvalue weighted by Crippen LogP contribution is -2.32. The van der Waals surface area contributed by atoms with Gasteiger partial charge >= 0.3 is 0 Å². The van der Waals surface area contributed by atoms with Gasteiger partial charge in [0.2, 0.25) is 0 Å². The van der Waals surface area contributed by atoms with Crippen molar-refractivity contribution in [1.82, 2.24) is 15.2 Å². The molecule has 0 fully saturated rings. The normalized spacial score (nSPS) is 11.7. The molecule has 1 atom stereocenters. The van der Waals surface area contributed by atoms with Crippen LogP contribution in [0.25, 0.3) is 0 Å². The van der Waals surface area contributed by atoms with Crippen LogP contribution >= 0.6 is 12.4 Å². The van der Waals surface area contributed by atoms with Crippen LogP contribution in [0.1, 0.15) is 47.2 Å². The van der Waals surface area contributed by atoms with Gasteiger partial charge in [-0.3, -0.25) is 4.79 Å². The van der Waals surface area contributed by atoms with Gasteiger partial charge in [-0.05, 0) is 38.9 Å². The molecule has 1 heterocycles. The molecule has 0 bridgehead atoms. The molecule has 0 radical (unpaired) electrons. The molecule has 4 nitrogen and oxygen atoms in total. The number of nitrogens with zero attached hydrogens (tertiary/aromatic N) is 1. The van der Waals surface area contributed by atoms with E-state index >= 15 is 0 Å². The maximum atomic E-state index is 12.4. The summed E-state index contributed by atoms with van der Waals surface area (Å²) in [5.74, 6) is 0.00233. The van der Waals surface area contributed by atoms with E-state index in [4.69, 9.17) is 0 Å². The van der Waals surface area contributed by atoms with Gasteiger partial charge in [-0.2, -0.15) is 0 Å². The van der Waals surface area contributed by atoms with Gasteiger partial charge in [0.05, 0.1) is 11.6 Å². The number of hydrogen-bond acceptors (Lipinski definition) is 2. The lowest BCUT2D eigenvalue weighted by Gasteiger charge is -2.19. The number of likely N-dealkylation sites (N-methyl/N-ethyl adjacent to an activating group) is 1. The largest absolute Gasteiger partial charge is 0.351 e. The summed E-state index contributed by atoms with van der Waals surface area (Å²) in [5, 5.41) is 6.19. The predicted molar refractivity (Wildman–Crippen MR) is 102 cm³/mol. The van der Waals surface area contributed by atoms with E-state index in [9.17, 15) is 4.79 Å². The van der Waals surface area contributed by atoms with Crippen molar-refractivity contribution in [2.45, 2.75) is 33.7 Å². The number of benzene rings is 1. The maximum Gasteiger partial charge on any atom is 0.253 e. The van der Waals surface area contributed by atoms with E-state index in [1.54, 1.807) is 0 Å². The summed E-state index contributed by atoms with van der Waals surface area (Å²) >= 11 is 0. The predicted octanol–water partition coefficient (Wildman–Crippen LogP) is 3.48. The summed E-state index contributed by atoms with van der Waals surface area (Å²) in [6.07, 6.45) is 0. The van der Waals surface area contributed by atoms with E-state index in [-0.39, 0.29) is 24.4 Å². The Bertz CT molecular complexity index is 652. The van der Waals surface area contributed by atoms with Gasteiger partial charge in [-0.15, -0.1) is 12.4 Å². The molecule has 2 aromatic rings. The summed E-state index contributed by atoms with van der Waals surface area (Å²) in [6.45, 7) is 10.7. The molecule has 1 unspecified atom stereocenters. The molecule has 24 heavy (non-hydrogen) atoms. The Morgan fingerprint density at radius 1 is 1.17 bits per heavy atom. The molecule has 132 valence electrons. The number of carbonyl (C=O) groups is 1. The maximum absolute atomic E-state index is 12.4. The molecule has 1 aromatic carbocycles. The van der Waals surface area contributed by atoms with E-state index in [1.165, 1.54) is 5.56 Å². The van der Waals surface area contributed by atoms with Gasteiger partial charge in [0.1, 0.15) is 0 Å². The summed E-state index contributed by atoms with van der Waals surface area (Å²) in [5.41, 5.74) is 4.13. The number of halogens is 1. The first-order valence-electron chi connectivity index (χ1n) is 8.28. The van der Waals surface area contributed by atoms with Crippen LogP contribution in [-0.4, -0.2) is 30.1 Å². The number of amides is 1. The zero-order valence-corrected chi connectivity index (χ0v) is 15.7. The fourth-order valence-electron chi connectivity index (χ4n) is 3.02. The van der Waals surface area contributed by atoms with Crippen LogP contribution < -0.4 is 10.6 Å². The van der Waals surface area contributed by atoms with Crippen LogP contribution in [0.4, 0.5) is 0 Å². The van der Waals surface area contributed by atoms with Gasteiger partial charge in [0, 0.05) is 24.5 Å². The number of nitrogens with one attached hydrogen (secondary N) is 2. The van der Waals surface area contributed by atoms with E-state index in [2.05, 4.69) is 48.1 Å². The second kappa shape index (κ2) is 9.50. The van der Waals surface area contributed by atoms with Crippen LogP contribution in [0.5, 0.6) is 0 Å². The fraction of sp³-hybridized carbons (Fsp3) is 0.421. The van der Waals surface area contributed by atoms with Gasteiger partial charge in [0.15, 0.2) is 0 Å². The third-order valence-corrected chi connectivity index (χ3v) is 4.24.